The number of nitrogens with zero attached hydrogens (tertiary/aromatic N) is 2. The van der Waals surface area contributed by atoms with E-state index in [0.29, 0.717) is 28.7 Å². The summed E-state index contributed by atoms with van der Waals surface area (Å²) in [5, 5.41) is 3.12. The van der Waals surface area contributed by atoms with Crippen molar-refractivity contribution in [3.63, 3.8) is 0 Å². The standard InChI is InChI=1S/C22H23N3O4/c1-4-13-23-20(27)14(2)24-19-8-6-5-7-18(19)21(28)25(22(24)29)17-11-9-16(10-12-17)15(3)26/h5-12,14H,4,13H2,1-3H3,(H,23,27)/t14-/m0/s1. The average Bonchev–Trinajstić information content (AvgIpc) is 2.72. The van der Waals surface area contributed by atoms with Crippen LogP contribution in [0.1, 0.15) is 43.6 Å². The van der Waals surface area contributed by atoms with E-state index < -0.39 is 17.3 Å². The van der Waals surface area contributed by atoms with Gasteiger partial charge in [0.15, 0.2) is 5.78 Å². The number of hydrogen-bond acceptors (Lipinski definition) is 4. The molecule has 1 amide bonds. The Labute approximate surface area is 167 Å². The molecule has 0 unspecified atom stereocenters. The van der Waals surface area contributed by atoms with Crippen molar-refractivity contribution in [3.05, 3.63) is 74.9 Å². The summed E-state index contributed by atoms with van der Waals surface area (Å²) in [5.41, 5.74) is 0.140. The Bertz CT molecular complexity index is 1190. The third-order valence-corrected chi connectivity index (χ3v) is 4.84. The van der Waals surface area contributed by atoms with E-state index in [2.05, 4.69) is 5.32 Å². The van der Waals surface area contributed by atoms with Gasteiger partial charge in [-0.25, -0.2) is 9.36 Å². The minimum atomic E-state index is -0.803. The number of nitrogens with one attached hydrogen (secondary N) is 1. The summed E-state index contributed by atoms with van der Waals surface area (Å²) in [7, 11) is 0. The number of carbonyl (C=O) groups is 2. The molecular formula is C22H23N3O4. The van der Waals surface area contributed by atoms with E-state index in [1.165, 1.54) is 11.5 Å². The molecular weight excluding hydrogens is 370 g/mol. The van der Waals surface area contributed by atoms with Gasteiger partial charge < -0.3 is 5.32 Å². The molecule has 0 fully saturated rings. The summed E-state index contributed by atoms with van der Waals surface area (Å²) in [6, 6.07) is 12.2. The maximum atomic E-state index is 13.3. The molecule has 1 aromatic heterocycles. The van der Waals surface area contributed by atoms with Gasteiger partial charge in [-0.1, -0.05) is 19.1 Å². The highest BCUT2D eigenvalue weighted by Gasteiger charge is 2.22. The predicted molar refractivity (Wildman–Crippen MR) is 112 cm³/mol. The number of amides is 1. The second kappa shape index (κ2) is 8.26. The van der Waals surface area contributed by atoms with Gasteiger partial charge in [0.05, 0.1) is 16.6 Å². The van der Waals surface area contributed by atoms with Crippen LogP contribution in [0, 0.1) is 0 Å². The number of hydrogen-bond donors (Lipinski definition) is 1. The van der Waals surface area contributed by atoms with Gasteiger partial charge in [0, 0.05) is 12.1 Å². The highest BCUT2D eigenvalue weighted by atomic mass is 16.2. The first-order valence-electron chi connectivity index (χ1n) is 9.52. The van der Waals surface area contributed by atoms with Gasteiger partial charge in [-0.15, -0.1) is 0 Å². The molecule has 2 aromatic carbocycles. The van der Waals surface area contributed by atoms with Gasteiger partial charge in [-0.05, 0) is 56.7 Å². The zero-order valence-electron chi connectivity index (χ0n) is 16.6. The quantitative estimate of drug-likeness (QED) is 0.652. The molecule has 1 heterocycles. The lowest BCUT2D eigenvalue weighted by Crippen LogP contribution is -2.43. The minimum absolute atomic E-state index is 0.110. The first kappa shape index (κ1) is 20.3. The van der Waals surface area contributed by atoms with E-state index in [1.807, 2.05) is 6.92 Å². The first-order valence-corrected chi connectivity index (χ1v) is 9.52. The Balaban J connectivity index is 2.27. The second-order valence-corrected chi connectivity index (χ2v) is 6.88. The Morgan fingerprint density at radius 1 is 1.03 bits per heavy atom. The lowest BCUT2D eigenvalue weighted by Gasteiger charge is -2.19. The molecule has 1 atom stereocenters. The fourth-order valence-corrected chi connectivity index (χ4v) is 3.24. The fraction of sp³-hybridized carbons (Fsp3) is 0.273. The van der Waals surface area contributed by atoms with E-state index in [-0.39, 0.29) is 11.7 Å². The second-order valence-electron chi connectivity index (χ2n) is 6.88. The van der Waals surface area contributed by atoms with E-state index in [9.17, 15) is 19.2 Å². The van der Waals surface area contributed by atoms with Crippen molar-refractivity contribution in [1.82, 2.24) is 14.5 Å². The summed E-state index contributed by atoms with van der Waals surface area (Å²) < 4.78 is 2.37. The Kier molecular flexibility index (Phi) is 5.77. The van der Waals surface area contributed by atoms with Gasteiger partial charge in [0.2, 0.25) is 5.91 Å². The molecule has 0 aliphatic rings. The van der Waals surface area contributed by atoms with Crippen LogP contribution in [0.4, 0.5) is 0 Å². The zero-order chi connectivity index (χ0) is 21.1. The van der Waals surface area contributed by atoms with Crippen molar-refractivity contribution in [2.75, 3.05) is 6.54 Å². The van der Waals surface area contributed by atoms with Crippen LogP contribution in [-0.4, -0.2) is 27.4 Å². The number of ketones is 1. The van der Waals surface area contributed by atoms with E-state index >= 15 is 0 Å². The van der Waals surface area contributed by atoms with Crippen molar-refractivity contribution < 1.29 is 9.59 Å². The molecule has 7 heteroatoms. The first-order chi connectivity index (χ1) is 13.9. The number of benzene rings is 2. The number of aromatic nitrogens is 2. The third kappa shape index (κ3) is 3.76. The van der Waals surface area contributed by atoms with Crippen molar-refractivity contribution in [1.29, 1.82) is 0 Å². The molecule has 29 heavy (non-hydrogen) atoms. The summed E-state index contributed by atoms with van der Waals surface area (Å²) >= 11 is 0. The van der Waals surface area contributed by atoms with Crippen molar-refractivity contribution in [2.24, 2.45) is 0 Å². The summed E-state index contributed by atoms with van der Waals surface area (Å²) in [4.78, 5) is 50.5. The number of fused-ring (bicyclic) bond motifs is 1. The van der Waals surface area contributed by atoms with Crippen LogP contribution in [0.25, 0.3) is 16.6 Å². The molecule has 0 saturated carbocycles. The maximum Gasteiger partial charge on any atom is 0.336 e. The van der Waals surface area contributed by atoms with Crippen LogP contribution in [-0.2, 0) is 4.79 Å². The van der Waals surface area contributed by atoms with E-state index in [1.54, 1.807) is 55.5 Å². The molecule has 1 N–H and O–H groups in total. The monoisotopic (exact) mass is 393 g/mol. The van der Waals surface area contributed by atoms with Crippen molar-refractivity contribution in [3.8, 4) is 5.69 Å². The van der Waals surface area contributed by atoms with Crippen LogP contribution in [0.5, 0.6) is 0 Å². The van der Waals surface area contributed by atoms with Crippen LogP contribution in [0.3, 0.4) is 0 Å². The zero-order valence-corrected chi connectivity index (χ0v) is 16.6. The third-order valence-electron chi connectivity index (χ3n) is 4.84. The van der Waals surface area contributed by atoms with E-state index in [4.69, 9.17) is 0 Å². The number of para-hydroxylation sites is 1. The van der Waals surface area contributed by atoms with Crippen LogP contribution >= 0.6 is 0 Å². The van der Waals surface area contributed by atoms with E-state index in [0.717, 1.165) is 11.0 Å². The van der Waals surface area contributed by atoms with Gasteiger partial charge >= 0.3 is 5.69 Å². The number of Topliss-reactive ketones (excluding diaryl/α,β-unsaturated/α-hetero) is 1. The lowest BCUT2D eigenvalue weighted by molar-refractivity contribution is -0.123. The van der Waals surface area contributed by atoms with Crippen LogP contribution < -0.4 is 16.6 Å². The number of rotatable bonds is 6. The molecule has 3 aromatic rings. The van der Waals surface area contributed by atoms with Crippen molar-refractivity contribution >= 4 is 22.6 Å². The lowest BCUT2D eigenvalue weighted by atomic mass is 10.1. The molecule has 0 aliphatic heterocycles. The molecule has 150 valence electrons. The molecule has 0 spiro atoms. The SMILES string of the molecule is CCCNC(=O)[C@H](C)n1c(=O)n(-c2ccc(C(C)=O)cc2)c(=O)c2ccccc21. The minimum Gasteiger partial charge on any atom is -0.354 e. The Morgan fingerprint density at radius 2 is 1.69 bits per heavy atom. The van der Waals surface area contributed by atoms with Gasteiger partial charge in [0.1, 0.15) is 6.04 Å². The van der Waals surface area contributed by atoms with Gasteiger partial charge in [-0.2, -0.15) is 0 Å². The number of carbonyl (C=O) groups excluding carboxylic acids is 2. The smallest absolute Gasteiger partial charge is 0.336 e. The summed E-state index contributed by atoms with van der Waals surface area (Å²) in [5.74, 6) is -0.405. The topological polar surface area (TPSA) is 90.2 Å². The van der Waals surface area contributed by atoms with Gasteiger partial charge in [-0.3, -0.25) is 19.0 Å². The molecule has 7 nitrogen and oxygen atoms in total. The molecule has 0 bridgehead atoms. The maximum absolute atomic E-state index is 13.3. The summed E-state index contributed by atoms with van der Waals surface area (Å²) in [6.07, 6.45) is 0.774. The normalized spacial score (nSPS) is 12.0. The largest absolute Gasteiger partial charge is 0.354 e. The van der Waals surface area contributed by atoms with Crippen LogP contribution in [0.2, 0.25) is 0 Å². The summed E-state index contributed by atoms with van der Waals surface area (Å²) in [6.45, 7) is 5.52. The predicted octanol–water partition coefficient (Wildman–Crippen LogP) is 2.44. The average molecular weight is 393 g/mol. The van der Waals surface area contributed by atoms with Crippen LogP contribution in [0.15, 0.2) is 58.1 Å². The fourth-order valence-electron chi connectivity index (χ4n) is 3.24. The molecule has 0 saturated heterocycles. The Morgan fingerprint density at radius 3 is 2.31 bits per heavy atom. The van der Waals surface area contributed by atoms with Gasteiger partial charge in [0.25, 0.3) is 5.56 Å². The molecule has 0 radical (unpaired) electrons. The highest BCUT2D eigenvalue weighted by molar-refractivity contribution is 5.94. The highest BCUT2D eigenvalue weighted by Crippen LogP contribution is 2.15. The molecule has 0 aliphatic carbocycles. The Hall–Kier alpha value is -3.48. The molecule has 3 rings (SSSR count). The van der Waals surface area contributed by atoms with Crippen molar-refractivity contribution in [2.45, 2.75) is 33.2 Å².